The lowest BCUT2D eigenvalue weighted by atomic mass is 10.1. The Labute approximate surface area is 121 Å². The maximum Gasteiger partial charge on any atom is 0.261 e. The van der Waals surface area contributed by atoms with Gasteiger partial charge in [-0.15, -0.1) is 0 Å². The molecular weight excluding hydrogens is 268 g/mol. The number of H-pyrrole nitrogens is 1. The van der Waals surface area contributed by atoms with Crippen molar-refractivity contribution in [1.82, 2.24) is 4.98 Å². The molecule has 1 aromatic heterocycles. The largest absolute Gasteiger partial charge is 0.384 e. The van der Waals surface area contributed by atoms with Crippen molar-refractivity contribution in [3.8, 4) is 11.8 Å². The monoisotopic (exact) mass is 282 g/mol. The summed E-state index contributed by atoms with van der Waals surface area (Å²) in [5, 5.41) is 11.4. The minimum Gasteiger partial charge on any atom is -0.384 e. The fourth-order valence-electron chi connectivity index (χ4n) is 1.80. The number of aliphatic hydroxyl groups excluding tert-OH is 1. The second-order valence-corrected chi connectivity index (χ2v) is 4.38. The van der Waals surface area contributed by atoms with Crippen molar-refractivity contribution in [2.45, 2.75) is 6.92 Å². The van der Waals surface area contributed by atoms with E-state index < -0.39 is 11.5 Å². The molecule has 0 bridgehead atoms. The van der Waals surface area contributed by atoms with Crippen molar-refractivity contribution in [2.75, 3.05) is 11.9 Å². The second-order valence-electron chi connectivity index (χ2n) is 4.38. The summed E-state index contributed by atoms with van der Waals surface area (Å²) in [4.78, 5) is 26.2. The van der Waals surface area contributed by atoms with Crippen LogP contribution in [0.15, 0.2) is 41.3 Å². The van der Waals surface area contributed by atoms with Crippen LogP contribution in [0.1, 0.15) is 21.5 Å². The molecule has 1 heterocycles. The molecule has 2 aromatic rings. The number of amides is 1. The molecule has 3 N–H and O–H groups in total. The van der Waals surface area contributed by atoms with E-state index in [1.165, 1.54) is 12.3 Å². The van der Waals surface area contributed by atoms with Gasteiger partial charge in [0, 0.05) is 11.8 Å². The van der Waals surface area contributed by atoms with E-state index in [0.717, 1.165) is 5.56 Å². The lowest BCUT2D eigenvalue weighted by Crippen LogP contribution is -2.22. The minimum atomic E-state index is -0.505. The molecule has 0 radical (unpaired) electrons. The summed E-state index contributed by atoms with van der Waals surface area (Å²) >= 11 is 0. The lowest BCUT2D eigenvalue weighted by molar-refractivity contribution is 0.102. The number of aliphatic hydroxyl groups is 1. The third kappa shape index (κ3) is 3.59. The van der Waals surface area contributed by atoms with Crippen LogP contribution in [0.2, 0.25) is 0 Å². The highest BCUT2D eigenvalue weighted by Crippen LogP contribution is 2.17. The fourth-order valence-corrected chi connectivity index (χ4v) is 1.80. The van der Waals surface area contributed by atoms with Gasteiger partial charge in [0.25, 0.3) is 11.5 Å². The van der Waals surface area contributed by atoms with Crippen LogP contribution in [0.3, 0.4) is 0 Å². The van der Waals surface area contributed by atoms with Gasteiger partial charge in [-0.25, -0.2) is 0 Å². The summed E-state index contributed by atoms with van der Waals surface area (Å²) in [6, 6.07) is 8.40. The zero-order valence-corrected chi connectivity index (χ0v) is 11.4. The number of nitrogens with one attached hydrogen (secondary N) is 2. The number of hydrogen-bond donors (Lipinski definition) is 3. The number of carbonyl (C=O) groups is 1. The number of benzene rings is 1. The van der Waals surface area contributed by atoms with Gasteiger partial charge in [-0.05, 0) is 36.8 Å². The molecule has 0 spiro atoms. The van der Waals surface area contributed by atoms with Gasteiger partial charge in [0.1, 0.15) is 12.2 Å². The Hall–Kier alpha value is -2.84. The first-order valence-electron chi connectivity index (χ1n) is 6.31. The molecule has 5 nitrogen and oxygen atoms in total. The van der Waals surface area contributed by atoms with E-state index in [0.29, 0.717) is 11.3 Å². The fraction of sp³-hybridized carbons (Fsp3) is 0.125. The van der Waals surface area contributed by atoms with Crippen molar-refractivity contribution in [3.05, 3.63) is 63.6 Å². The third-order valence-corrected chi connectivity index (χ3v) is 2.79. The standard InChI is InChI=1S/C16H14N2O3/c1-11-6-7-12(4-3-9-19)14(10-11)18-16(21)13-5-2-8-17-15(13)20/h2,5-8,10,19H,9H2,1H3,(H,17,20)(H,18,21). The maximum atomic E-state index is 12.1. The summed E-state index contributed by atoms with van der Waals surface area (Å²) in [5.74, 6) is 4.79. The van der Waals surface area contributed by atoms with E-state index in [4.69, 9.17) is 5.11 Å². The molecule has 0 saturated carbocycles. The van der Waals surface area contributed by atoms with Gasteiger partial charge < -0.3 is 15.4 Å². The van der Waals surface area contributed by atoms with E-state index >= 15 is 0 Å². The van der Waals surface area contributed by atoms with Crippen molar-refractivity contribution in [1.29, 1.82) is 0 Å². The number of hydrogen-bond acceptors (Lipinski definition) is 3. The summed E-state index contributed by atoms with van der Waals surface area (Å²) < 4.78 is 0. The first-order valence-corrected chi connectivity index (χ1v) is 6.31. The Balaban J connectivity index is 2.35. The van der Waals surface area contributed by atoms with Crippen LogP contribution in [0, 0.1) is 18.8 Å². The summed E-state index contributed by atoms with van der Waals surface area (Å²) in [5.41, 5.74) is 1.60. The van der Waals surface area contributed by atoms with Crippen molar-refractivity contribution < 1.29 is 9.90 Å². The number of aromatic nitrogens is 1. The van der Waals surface area contributed by atoms with E-state index in [1.807, 2.05) is 13.0 Å². The third-order valence-electron chi connectivity index (χ3n) is 2.79. The Morgan fingerprint density at radius 1 is 1.38 bits per heavy atom. The first kappa shape index (κ1) is 14.6. The zero-order chi connectivity index (χ0) is 15.2. The second kappa shape index (κ2) is 6.55. The molecule has 2 rings (SSSR count). The van der Waals surface area contributed by atoms with Gasteiger partial charge in [0.05, 0.1) is 5.69 Å². The van der Waals surface area contributed by atoms with E-state index in [1.54, 1.807) is 18.2 Å². The molecule has 0 atom stereocenters. The quantitative estimate of drug-likeness (QED) is 0.726. The average Bonchev–Trinajstić information content (AvgIpc) is 2.47. The van der Waals surface area contributed by atoms with Crippen LogP contribution in [-0.4, -0.2) is 22.6 Å². The van der Waals surface area contributed by atoms with Crippen molar-refractivity contribution in [3.63, 3.8) is 0 Å². The predicted molar refractivity (Wildman–Crippen MR) is 80.2 cm³/mol. The number of aromatic amines is 1. The number of anilines is 1. The summed E-state index contributed by atoms with van der Waals surface area (Å²) in [6.07, 6.45) is 1.46. The average molecular weight is 282 g/mol. The van der Waals surface area contributed by atoms with Gasteiger partial charge in [-0.1, -0.05) is 17.9 Å². The van der Waals surface area contributed by atoms with Crippen LogP contribution in [0.25, 0.3) is 0 Å². The first-order chi connectivity index (χ1) is 10.1. The van der Waals surface area contributed by atoms with Gasteiger partial charge in [-0.3, -0.25) is 9.59 Å². The highest BCUT2D eigenvalue weighted by atomic mass is 16.2. The SMILES string of the molecule is Cc1ccc(C#CCO)c(NC(=O)c2ccc[nH]c2=O)c1. The Morgan fingerprint density at radius 3 is 2.90 bits per heavy atom. The number of rotatable bonds is 2. The highest BCUT2D eigenvalue weighted by molar-refractivity contribution is 6.04. The molecule has 21 heavy (non-hydrogen) atoms. The Morgan fingerprint density at radius 2 is 2.19 bits per heavy atom. The topological polar surface area (TPSA) is 82.2 Å². The van der Waals surface area contributed by atoms with E-state index in [-0.39, 0.29) is 12.2 Å². The highest BCUT2D eigenvalue weighted by Gasteiger charge is 2.11. The van der Waals surface area contributed by atoms with E-state index in [2.05, 4.69) is 22.1 Å². The molecule has 0 fully saturated rings. The predicted octanol–water partition coefficient (Wildman–Crippen LogP) is 1.28. The van der Waals surface area contributed by atoms with E-state index in [9.17, 15) is 9.59 Å². The number of aryl methyl sites for hydroxylation is 1. The number of carbonyl (C=O) groups excluding carboxylic acids is 1. The molecule has 0 aliphatic rings. The smallest absolute Gasteiger partial charge is 0.261 e. The molecule has 1 amide bonds. The lowest BCUT2D eigenvalue weighted by Gasteiger charge is -2.08. The van der Waals surface area contributed by atoms with Crippen molar-refractivity contribution >= 4 is 11.6 Å². The van der Waals surface area contributed by atoms with Crippen LogP contribution < -0.4 is 10.9 Å². The molecule has 0 unspecified atom stereocenters. The summed E-state index contributed by atoms with van der Waals surface area (Å²) in [7, 11) is 0. The molecule has 0 aliphatic carbocycles. The molecule has 106 valence electrons. The molecule has 0 aliphatic heterocycles. The van der Waals surface area contributed by atoms with Gasteiger partial charge >= 0.3 is 0 Å². The molecule has 0 saturated heterocycles. The van der Waals surface area contributed by atoms with Crippen LogP contribution in [-0.2, 0) is 0 Å². The van der Waals surface area contributed by atoms with Gasteiger partial charge in [-0.2, -0.15) is 0 Å². The Bertz CT molecular complexity index is 782. The van der Waals surface area contributed by atoms with Gasteiger partial charge in [0.15, 0.2) is 0 Å². The van der Waals surface area contributed by atoms with Gasteiger partial charge in [0.2, 0.25) is 0 Å². The summed E-state index contributed by atoms with van der Waals surface area (Å²) in [6.45, 7) is 1.62. The van der Waals surface area contributed by atoms with Crippen LogP contribution >= 0.6 is 0 Å². The van der Waals surface area contributed by atoms with Crippen molar-refractivity contribution in [2.24, 2.45) is 0 Å². The molecule has 1 aromatic carbocycles. The van der Waals surface area contributed by atoms with Crippen LogP contribution in [0.4, 0.5) is 5.69 Å². The zero-order valence-electron chi connectivity index (χ0n) is 11.4. The normalized spacial score (nSPS) is 9.62. The van der Waals surface area contributed by atoms with Crippen LogP contribution in [0.5, 0.6) is 0 Å². The minimum absolute atomic E-state index is 0.0278. The maximum absolute atomic E-state index is 12.1. The molecular formula is C16H14N2O3. The number of pyridine rings is 1. The Kier molecular flexibility index (Phi) is 4.54. The molecule has 5 heteroatoms.